The number of aromatic nitrogens is 1. The average Bonchev–Trinajstić information content (AvgIpc) is 2.12. The molecule has 0 bridgehead atoms. The summed E-state index contributed by atoms with van der Waals surface area (Å²) >= 11 is 0. The van der Waals surface area contributed by atoms with Crippen LogP contribution < -0.4 is 10.1 Å². The fourth-order valence-corrected chi connectivity index (χ4v) is 1.36. The summed E-state index contributed by atoms with van der Waals surface area (Å²) in [5.74, 6) is 0.457. The Hall–Kier alpha value is -1.58. The smallest absolute Gasteiger partial charge is 0.270 e. The van der Waals surface area contributed by atoms with E-state index in [1.807, 2.05) is 41.5 Å². The molecule has 0 fully saturated rings. The van der Waals surface area contributed by atoms with E-state index in [9.17, 15) is 4.79 Å². The van der Waals surface area contributed by atoms with Crippen LogP contribution in [0.1, 0.15) is 52.0 Å². The molecule has 4 nitrogen and oxygen atoms in total. The Morgan fingerprint density at radius 1 is 1.22 bits per heavy atom. The summed E-state index contributed by atoms with van der Waals surface area (Å²) in [6, 6.07) is 3.41. The fourth-order valence-electron chi connectivity index (χ4n) is 1.36. The summed E-state index contributed by atoms with van der Waals surface area (Å²) in [7, 11) is 0. The van der Waals surface area contributed by atoms with Gasteiger partial charge in [0, 0.05) is 17.8 Å². The predicted octanol–water partition coefficient (Wildman–Crippen LogP) is 2.79. The zero-order valence-electron chi connectivity index (χ0n) is 12.0. The fraction of sp³-hybridized carbons (Fsp3) is 0.571. The molecule has 1 aromatic heterocycles. The van der Waals surface area contributed by atoms with E-state index in [1.165, 1.54) is 0 Å². The standard InChI is InChI=1S/C14H22N2O2/c1-13(2,3)16-12(17)11-9-10(7-8-15-11)18-14(4,5)6/h7-9H,1-6H3,(H,16,17). The van der Waals surface area contributed by atoms with Gasteiger partial charge in [0.2, 0.25) is 0 Å². The largest absolute Gasteiger partial charge is 0.488 e. The van der Waals surface area contributed by atoms with Crippen LogP contribution in [0, 0.1) is 0 Å². The van der Waals surface area contributed by atoms with Crippen LogP contribution in [-0.4, -0.2) is 22.0 Å². The number of nitrogens with zero attached hydrogens (tertiary/aromatic N) is 1. The van der Waals surface area contributed by atoms with Crippen molar-refractivity contribution in [2.75, 3.05) is 0 Å². The Bertz CT molecular complexity index is 428. The first-order chi connectivity index (χ1) is 8.07. The van der Waals surface area contributed by atoms with Crippen LogP contribution in [0.2, 0.25) is 0 Å². The van der Waals surface area contributed by atoms with Crippen molar-refractivity contribution in [1.29, 1.82) is 0 Å². The predicted molar refractivity (Wildman–Crippen MR) is 71.8 cm³/mol. The lowest BCUT2D eigenvalue weighted by Crippen LogP contribution is -2.40. The molecule has 1 N–H and O–H groups in total. The van der Waals surface area contributed by atoms with Crippen LogP contribution in [0.25, 0.3) is 0 Å². The monoisotopic (exact) mass is 250 g/mol. The molecule has 0 aromatic carbocycles. The third-order valence-corrected chi connectivity index (χ3v) is 1.88. The van der Waals surface area contributed by atoms with Gasteiger partial charge in [0.25, 0.3) is 5.91 Å². The summed E-state index contributed by atoms with van der Waals surface area (Å²) < 4.78 is 5.70. The van der Waals surface area contributed by atoms with E-state index >= 15 is 0 Å². The van der Waals surface area contributed by atoms with Crippen LogP contribution in [0.4, 0.5) is 0 Å². The molecule has 0 spiro atoms. The van der Waals surface area contributed by atoms with Gasteiger partial charge in [-0.15, -0.1) is 0 Å². The van der Waals surface area contributed by atoms with E-state index in [2.05, 4.69) is 10.3 Å². The Balaban J connectivity index is 2.85. The second-order valence-corrected chi connectivity index (χ2v) is 6.30. The van der Waals surface area contributed by atoms with Crippen molar-refractivity contribution in [1.82, 2.24) is 10.3 Å². The molecule has 4 heteroatoms. The van der Waals surface area contributed by atoms with Gasteiger partial charge in [0.05, 0.1) is 0 Å². The zero-order chi connectivity index (χ0) is 14.0. The summed E-state index contributed by atoms with van der Waals surface area (Å²) in [6.45, 7) is 11.7. The van der Waals surface area contributed by atoms with Crippen LogP contribution in [-0.2, 0) is 0 Å². The number of pyridine rings is 1. The SMILES string of the molecule is CC(C)(C)NC(=O)c1cc(OC(C)(C)C)ccn1. The van der Waals surface area contributed by atoms with E-state index in [1.54, 1.807) is 18.3 Å². The van der Waals surface area contributed by atoms with Crippen LogP contribution in [0.5, 0.6) is 5.75 Å². The Labute approximate surface area is 109 Å². The molecule has 1 rings (SSSR count). The van der Waals surface area contributed by atoms with Gasteiger partial charge in [0.1, 0.15) is 17.0 Å². The van der Waals surface area contributed by atoms with Gasteiger partial charge in [-0.2, -0.15) is 0 Å². The number of hydrogen-bond donors (Lipinski definition) is 1. The molecule has 18 heavy (non-hydrogen) atoms. The van der Waals surface area contributed by atoms with Gasteiger partial charge in [-0.05, 0) is 47.6 Å². The lowest BCUT2D eigenvalue weighted by Gasteiger charge is -2.22. The molecule has 0 saturated heterocycles. The lowest BCUT2D eigenvalue weighted by molar-refractivity contribution is 0.0911. The summed E-state index contributed by atoms with van der Waals surface area (Å²) in [5.41, 5.74) is -0.203. The summed E-state index contributed by atoms with van der Waals surface area (Å²) in [6.07, 6.45) is 1.58. The normalized spacial score (nSPS) is 12.1. The van der Waals surface area contributed by atoms with E-state index in [0.29, 0.717) is 11.4 Å². The van der Waals surface area contributed by atoms with Crippen molar-refractivity contribution in [2.24, 2.45) is 0 Å². The number of carbonyl (C=O) groups is 1. The van der Waals surface area contributed by atoms with Crippen molar-refractivity contribution in [3.63, 3.8) is 0 Å². The number of amides is 1. The molecule has 0 aliphatic heterocycles. The quantitative estimate of drug-likeness (QED) is 0.878. The Morgan fingerprint density at radius 3 is 2.33 bits per heavy atom. The number of carbonyl (C=O) groups excluding carboxylic acids is 1. The second-order valence-electron chi connectivity index (χ2n) is 6.30. The van der Waals surface area contributed by atoms with Crippen LogP contribution in [0.15, 0.2) is 18.3 Å². The molecule has 100 valence electrons. The topological polar surface area (TPSA) is 51.2 Å². The number of hydrogen-bond acceptors (Lipinski definition) is 3. The first-order valence-corrected chi connectivity index (χ1v) is 6.04. The molecule has 0 aliphatic rings. The van der Waals surface area contributed by atoms with E-state index < -0.39 is 0 Å². The maximum absolute atomic E-state index is 11.9. The summed E-state index contributed by atoms with van der Waals surface area (Å²) in [5, 5.41) is 2.87. The van der Waals surface area contributed by atoms with Crippen LogP contribution >= 0.6 is 0 Å². The first kappa shape index (κ1) is 14.5. The molecule has 0 saturated carbocycles. The molecule has 0 unspecified atom stereocenters. The number of rotatable bonds is 2. The van der Waals surface area contributed by atoms with E-state index in [0.717, 1.165) is 0 Å². The van der Waals surface area contributed by atoms with Gasteiger partial charge in [-0.25, -0.2) is 0 Å². The van der Waals surface area contributed by atoms with Gasteiger partial charge < -0.3 is 10.1 Å². The van der Waals surface area contributed by atoms with Crippen molar-refractivity contribution in [3.05, 3.63) is 24.0 Å². The Morgan fingerprint density at radius 2 is 1.83 bits per heavy atom. The van der Waals surface area contributed by atoms with Crippen molar-refractivity contribution >= 4 is 5.91 Å². The van der Waals surface area contributed by atoms with E-state index in [4.69, 9.17) is 4.74 Å². The molecule has 0 atom stereocenters. The first-order valence-electron chi connectivity index (χ1n) is 6.04. The third-order valence-electron chi connectivity index (χ3n) is 1.88. The summed E-state index contributed by atoms with van der Waals surface area (Å²) in [4.78, 5) is 16.0. The molecule has 1 heterocycles. The van der Waals surface area contributed by atoms with Gasteiger partial charge in [-0.3, -0.25) is 9.78 Å². The minimum Gasteiger partial charge on any atom is -0.488 e. The Kier molecular flexibility index (Phi) is 3.99. The van der Waals surface area contributed by atoms with E-state index in [-0.39, 0.29) is 17.0 Å². The maximum Gasteiger partial charge on any atom is 0.270 e. The molecule has 1 aromatic rings. The zero-order valence-corrected chi connectivity index (χ0v) is 12.0. The minimum absolute atomic E-state index is 0.193. The van der Waals surface area contributed by atoms with Gasteiger partial charge >= 0.3 is 0 Å². The minimum atomic E-state index is -0.293. The highest BCUT2D eigenvalue weighted by Gasteiger charge is 2.18. The molecular weight excluding hydrogens is 228 g/mol. The lowest BCUT2D eigenvalue weighted by atomic mass is 10.1. The molecule has 0 aliphatic carbocycles. The van der Waals surface area contributed by atoms with Crippen LogP contribution in [0.3, 0.4) is 0 Å². The molecule has 1 amide bonds. The average molecular weight is 250 g/mol. The highest BCUT2D eigenvalue weighted by Crippen LogP contribution is 2.18. The second kappa shape index (κ2) is 4.96. The number of ether oxygens (including phenoxy) is 1. The van der Waals surface area contributed by atoms with Gasteiger partial charge in [-0.1, -0.05) is 0 Å². The highest BCUT2D eigenvalue weighted by atomic mass is 16.5. The highest BCUT2D eigenvalue weighted by molar-refractivity contribution is 5.93. The third kappa shape index (κ3) is 5.17. The maximum atomic E-state index is 11.9. The van der Waals surface area contributed by atoms with Crippen molar-refractivity contribution in [2.45, 2.75) is 52.7 Å². The number of nitrogens with one attached hydrogen (secondary N) is 1. The van der Waals surface area contributed by atoms with Crippen molar-refractivity contribution in [3.8, 4) is 5.75 Å². The van der Waals surface area contributed by atoms with Crippen molar-refractivity contribution < 1.29 is 9.53 Å². The molecule has 0 radical (unpaired) electrons. The molecular formula is C14H22N2O2. The van der Waals surface area contributed by atoms with Gasteiger partial charge in [0.15, 0.2) is 0 Å².